The molecule has 0 saturated heterocycles. The van der Waals surface area contributed by atoms with Crippen LogP contribution in [0, 0.1) is 0 Å². The van der Waals surface area contributed by atoms with Crippen LogP contribution in [0.3, 0.4) is 0 Å². The third-order valence-corrected chi connectivity index (χ3v) is 5.73. The van der Waals surface area contributed by atoms with Gasteiger partial charge in [-0.3, -0.25) is 4.72 Å². The van der Waals surface area contributed by atoms with Crippen LogP contribution in [0.4, 0.5) is 10.5 Å². The number of carbonyl (C=O) groups is 1. The predicted molar refractivity (Wildman–Crippen MR) is 121 cm³/mol. The van der Waals surface area contributed by atoms with Crippen LogP contribution in [-0.2, 0) is 14.8 Å². The van der Waals surface area contributed by atoms with Gasteiger partial charge in [-0.15, -0.1) is 0 Å². The maximum Gasteiger partial charge on any atom is 0.410 e. The maximum atomic E-state index is 12.3. The van der Waals surface area contributed by atoms with Crippen LogP contribution in [0.5, 0.6) is 5.88 Å². The molecule has 0 spiro atoms. The van der Waals surface area contributed by atoms with E-state index in [-0.39, 0.29) is 36.5 Å². The zero-order valence-corrected chi connectivity index (χ0v) is 20.8. The average molecular weight is 509 g/mol. The zero-order valence-electron chi connectivity index (χ0n) is 18.4. The molecule has 0 aromatic carbocycles. The largest absolute Gasteiger partial charge is 0.474 e. The van der Waals surface area contributed by atoms with Gasteiger partial charge in [-0.2, -0.15) is 0 Å². The summed E-state index contributed by atoms with van der Waals surface area (Å²) in [6.07, 6.45) is 2.89. The molecule has 0 radical (unpaired) electrons. The van der Waals surface area contributed by atoms with Crippen molar-refractivity contribution in [3.63, 3.8) is 0 Å². The number of ether oxygens (including phenoxy) is 2. The Bertz CT molecular complexity index is 774. The molecule has 0 aliphatic rings. The van der Waals surface area contributed by atoms with Crippen molar-refractivity contribution >= 4 is 37.7 Å². The highest BCUT2D eigenvalue weighted by Gasteiger charge is 2.20. The normalized spacial score (nSPS) is 11.6. The summed E-state index contributed by atoms with van der Waals surface area (Å²) < 4.78 is 38.8. The van der Waals surface area contributed by atoms with E-state index < -0.39 is 16.1 Å². The highest BCUT2D eigenvalue weighted by atomic mass is 79.9. The van der Waals surface area contributed by atoms with Crippen LogP contribution >= 0.6 is 15.9 Å². The fraction of sp³-hybridized carbons (Fsp3) is 0.684. The molecular formula is C19H33BrN4O5S. The van der Waals surface area contributed by atoms with Crippen LogP contribution < -0.4 is 9.46 Å². The Hall–Kier alpha value is -1.59. The minimum atomic E-state index is -3.57. The monoisotopic (exact) mass is 508 g/mol. The summed E-state index contributed by atoms with van der Waals surface area (Å²) in [4.78, 5) is 19.8. The van der Waals surface area contributed by atoms with E-state index in [0.717, 1.165) is 12.8 Å². The van der Waals surface area contributed by atoms with Crippen molar-refractivity contribution in [1.82, 2.24) is 14.8 Å². The number of halogens is 1. The lowest BCUT2D eigenvalue weighted by atomic mass is 10.3. The SMILES string of the molecule is CCCCOC(=O)N(CCOc1ncc(Br)cc1NS(=O)(=O)CCN(C)C)C(C)C. The standard InChI is InChI=1S/C19H33BrN4O5S/c1-6-7-10-29-19(25)24(15(2)3)8-11-28-18-17(13-16(20)14-21-18)22-30(26,27)12-9-23(4)5/h13-15,22H,6-12H2,1-5H3. The Kier molecular flexibility index (Phi) is 11.4. The van der Waals surface area contributed by atoms with E-state index in [0.29, 0.717) is 17.6 Å². The van der Waals surface area contributed by atoms with Crippen LogP contribution in [0.15, 0.2) is 16.7 Å². The quantitative estimate of drug-likeness (QED) is 0.408. The minimum absolute atomic E-state index is 0.0588. The number of unbranched alkanes of at least 4 members (excludes halogenated alkanes) is 1. The summed E-state index contributed by atoms with van der Waals surface area (Å²) in [6.45, 7) is 7.00. The van der Waals surface area contributed by atoms with Crippen molar-refractivity contribution in [3.05, 3.63) is 16.7 Å². The lowest BCUT2D eigenvalue weighted by Crippen LogP contribution is -2.40. The molecule has 1 heterocycles. The van der Waals surface area contributed by atoms with E-state index in [1.807, 2.05) is 20.8 Å². The summed E-state index contributed by atoms with van der Waals surface area (Å²) in [6, 6.07) is 1.53. The Morgan fingerprint density at radius 3 is 2.57 bits per heavy atom. The molecule has 30 heavy (non-hydrogen) atoms. The third kappa shape index (κ3) is 9.94. The van der Waals surface area contributed by atoms with Gasteiger partial charge in [0.2, 0.25) is 15.9 Å². The molecule has 0 aliphatic heterocycles. The van der Waals surface area contributed by atoms with Gasteiger partial charge in [0.25, 0.3) is 0 Å². The van der Waals surface area contributed by atoms with Crippen LogP contribution in [0.1, 0.15) is 33.6 Å². The number of anilines is 1. The molecule has 9 nitrogen and oxygen atoms in total. The number of rotatable bonds is 13. The van der Waals surface area contributed by atoms with E-state index in [4.69, 9.17) is 9.47 Å². The van der Waals surface area contributed by atoms with Crippen molar-refractivity contribution in [2.24, 2.45) is 0 Å². The average Bonchev–Trinajstić information content (AvgIpc) is 2.64. The first-order valence-corrected chi connectivity index (χ1v) is 12.4. The smallest absolute Gasteiger partial charge is 0.410 e. The first-order chi connectivity index (χ1) is 14.1. The summed E-state index contributed by atoms with van der Waals surface area (Å²) in [5.74, 6) is 0.0890. The second kappa shape index (κ2) is 13.0. The van der Waals surface area contributed by atoms with Gasteiger partial charge in [-0.25, -0.2) is 18.2 Å². The first kappa shape index (κ1) is 26.4. The van der Waals surface area contributed by atoms with Crippen molar-refractivity contribution < 1.29 is 22.7 Å². The maximum absolute atomic E-state index is 12.3. The van der Waals surface area contributed by atoms with E-state index in [1.54, 1.807) is 30.0 Å². The number of carbonyl (C=O) groups excluding carboxylic acids is 1. The van der Waals surface area contributed by atoms with Gasteiger partial charge in [-0.05, 0) is 56.4 Å². The molecule has 1 aromatic rings. The summed E-state index contributed by atoms with van der Waals surface area (Å²) in [5, 5.41) is 0. The number of nitrogens with zero attached hydrogens (tertiary/aromatic N) is 3. The molecule has 0 fully saturated rings. The van der Waals surface area contributed by atoms with Gasteiger partial charge < -0.3 is 19.3 Å². The molecule has 11 heteroatoms. The van der Waals surface area contributed by atoms with Gasteiger partial charge >= 0.3 is 6.09 Å². The van der Waals surface area contributed by atoms with Gasteiger partial charge in [0.1, 0.15) is 12.3 Å². The fourth-order valence-electron chi connectivity index (χ4n) is 2.32. The molecular weight excluding hydrogens is 476 g/mol. The topological polar surface area (TPSA) is 101 Å². The Morgan fingerprint density at radius 1 is 1.27 bits per heavy atom. The lowest BCUT2D eigenvalue weighted by Gasteiger charge is -2.26. The number of hydrogen-bond acceptors (Lipinski definition) is 7. The zero-order chi connectivity index (χ0) is 22.7. The number of sulfonamides is 1. The highest BCUT2D eigenvalue weighted by Crippen LogP contribution is 2.26. The molecule has 0 aliphatic carbocycles. The lowest BCUT2D eigenvalue weighted by molar-refractivity contribution is 0.0835. The second-order valence-corrected chi connectivity index (χ2v) is 10.1. The van der Waals surface area contributed by atoms with Crippen molar-refractivity contribution in [2.45, 2.75) is 39.7 Å². The molecule has 1 aromatic heterocycles. The Labute approximate surface area is 188 Å². The minimum Gasteiger partial charge on any atom is -0.474 e. The Balaban J connectivity index is 2.77. The van der Waals surface area contributed by atoms with Crippen molar-refractivity contribution in [3.8, 4) is 5.88 Å². The van der Waals surface area contributed by atoms with Crippen LogP contribution in [0.25, 0.3) is 0 Å². The number of hydrogen-bond donors (Lipinski definition) is 1. The van der Waals surface area contributed by atoms with E-state index in [2.05, 4.69) is 25.6 Å². The number of aromatic nitrogens is 1. The van der Waals surface area contributed by atoms with Crippen LogP contribution in [-0.4, -0.2) is 81.5 Å². The summed E-state index contributed by atoms with van der Waals surface area (Å²) in [7, 11) is 0.0410. The summed E-state index contributed by atoms with van der Waals surface area (Å²) >= 11 is 3.30. The molecule has 172 valence electrons. The molecule has 0 atom stereocenters. The molecule has 0 saturated carbocycles. The molecule has 0 bridgehead atoms. The number of amides is 1. The molecule has 1 amide bonds. The fourth-order valence-corrected chi connectivity index (χ4v) is 3.84. The van der Waals surface area contributed by atoms with E-state index in [1.165, 1.54) is 6.20 Å². The molecule has 1 rings (SSSR count). The number of pyridine rings is 1. The Morgan fingerprint density at radius 2 is 1.97 bits per heavy atom. The van der Waals surface area contributed by atoms with E-state index >= 15 is 0 Å². The van der Waals surface area contributed by atoms with Crippen molar-refractivity contribution in [1.29, 1.82) is 0 Å². The van der Waals surface area contributed by atoms with Crippen LogP contribution in [0.2, 0.25) is 0 Å². The molecule has 0 unspecified atom stereocenters. The summed E-state index contributed by atoms with van der Waals surface area (Å²) in [5.41, 5.74) is 0.241. The van der Waals surface area contributed by atoms with Crippen molar-refractivity contribution in [2.75, 3.05) is 50.9 Å². The van der Waals surface area contributed by atoms with Gasteiger partial charge in [-0.1, -0.05) is 13.3 Å². The van der Waals surface area contributed by atoms with Gasteiger partial charge in [0.05, 0.1) is 18.9 Å². The second-order valence-electron chi connectivity index (χ2n) is 7.33. The van der Waals surface area contributed by atoms with E-state index in [9.17, 15) is 13.2 Å². The first-order valence-electron chi connectivity index (χ1n) is 9.92. The van der Waals surface area contributed by atoms with Gasteiger partial charge in [0, 0.05) is 23.3 Å². The molecule has 1 N–H and O–H groups in total. The third-order valence-electron chi connectivity index (χ3n) is 4.04. The predicted octanol–water partition coefficient (Wildman–Crippen LogP) is 3.17. The van der Waals surface area contributed by atoms with Gasteiger partial charge in [0.15, 0.2) is 0 Å². The highest BCUT2D eigenvalue weighted by molar-refractivity contribution is 9.10. The number of nitrogens with one attached hydrogen (secondary N) is 1.